The van der Waals surface area contributed by atoms with Gasteiger partial charge in [0.05, 0.1) is 17.6 Å². The molecule has 0 bridgehead atoms. The average molecular weight is 451 g/mol. The number of phenols is 2. The quantitative estimate of drug-likeness (QED) is 0.303. The summed E-state index contributed by atoms with van der Waals surface area (Å²) in [5, 5.41) is 33.5. The molecule has 1 aromatic carbocycles. The first-order chi connectivity index (χ1) is 14.3. The molecule has 1 aromatic rings. The number of piperazine rings is 1. The van der Waals surface area contributed by atoms with Crippen molar-refractivity contribution in [1.29, 1.82) is 0 Å². The number of carbonyl (C=O) groups excluding carboxylic acids is 1. The van der Waals surface area contributed by atoms with Gasteiger partial charge in [-0.25, -0.2) is 9.79 Å². The zero-order chi connectivity index (χ0) is 21.4. The van der Waals surface area contributed by atoms with E-state index in [0.717, 1.165) is 11.8 Å². The van der Waals surface area contributed by atoms with Gasteiger partial charge in [-0.15, -0.1) is 10.2 Å². The summed E-state index contributed by atoms with van der Waals surface area (Å²) < 4.78 is 11.4. The third-order valence-corrected chi connectivity index (χ3v) is 6.99. The first-order valence-corrected chi connectivity index (χ1v) is 10.3. The maximum Gasteiger partial charge on any atom is 0.404 e. The number of thiocarbonyl (C=S) groups is 1. The van der Waals surface area contributed by atoms with E-state index in [-0.39, 0.29) is 41.0 Å². The van der Waals surface area contributed by atoms with Crippen molar-refractivity contribution in [3.05, 3.63) is 11.1 Å². The first kappa shape index (κ1) is 19.5. The third kappa shape index (κ3) is 2.49. The molecule has 0 saturated carbocycles. The Hall–Kier alpha value is -2.48. The third-order valence-electron chi connectivity index (χ3n) is 6.04. The molecule has 158 valence electrons. The Morgan fingerprint density at radius 2 is 2.23 bits per heavy atom. The second-order valence-corrected chi connectivity index (χ2v) is 9.00. The standard InChI is InChI=1S/C17H18N6O5S2/c1-5-9(20-15-21-22-16(29)30-15)12(25)8-6(4-28-14(18)26)17(27-2)13-7(19-13)3-23(17)10(8)11(5)24/h6-7,13,19,24-25H,3-4H2,1-2H3,(H2,18,26)/t6-,7+,13+,17-/m0/s1. The number of hydrogen-bond donors (Lipinski definition) is 4. The van der Waals surface area contributed by atoms with Gasteiger partial charge in [-0.1, -0.05) is 0 Å². The number of phenolic OH excluding ortho intramolecular Hbond substituents is 2. The monoisotopic (exact) mass is 450 g/mol. The topological polar surface area (TPSA) is 164 Å². The maximum atomic E-state index is 11.3. The van der Waals surface area contributed by atoms with Gasteiger partial charge in [-0.2, -0.15) is 0 Å². The van der Waals surface area contributed by atoms with Crippen molar-refractivity contribution in [2.45, 2.75) is 30.7 Å². The molecule has 1 amide bonds. The van der Waals surface area contributed by atoms with Crippen LogP contribution < -0.4 is 16.0 Å². The number of nitrogens with one attached hydrogen (secondary N) is 1. The lowest BCUT2D eigenvalue weighted by Gasteiger charge is -2.38. The van der Waals surface area contributed by atoms with Crippen LogP contribution in [-0.4, -0.2) is 63.9 Å². The summed E-state index contributed by atoms with van der Waals surface area (Å²) in [5.41, 5.74) is 5.61. The van der Waals surface area contributed by atoms with E-state index in [1.165, 1.54) is 0 Å². The summed E-state index contributed by atoms with van der Waals surface area (Å²) in [4.78, 5) is 17.6. The highest BCUT2D eigenvalue weighted by Gasteiger charge is 2.71. The Balaban J connectivity index is 1.70. The van der Waals surface area contributed by atoms with Crippen molar-refractivity contribution in [3.8, 4) is 11.5 Å². The highest BCUT2D eigenvalue weighted by Crippen LogP contribution is 2.64. The van der Waals surface area contributed by atoms with Crippen molar-refractivity contribution in [1.82, 2.24) is 5.32 Å². The van der Waals surface area contributed by atoms with Gasteiger partial charge < -0.3 is 35.6 Å². The number of aromatic hydroxyl groups is 2. The van der Waals surface area contributed by atoms with Gasteiger partial charge >= 0.3 is 6.09 Å². The number of ether oxygens (including phenoxy) is 2. The molecule has 30 heavy (non-hydrogen) atoms. The Morgan fingerprint density at radius 1 is 1.47 bits per heavy atom. The molecule has 11 nitrogen and oxygen atoms in total. The van der Waals surface area contributed by atoms with Crippen molar-refractivity contribution in [2.24, 2.45) is 21.0 Å². The summed E-state index contributed by atoms with van der Waals surface area (Å²) in [5.74, 6) is -0.796. The second-order valence-electron chi connectivity index (χ2n) is 7.40. The fourth-order valence-corrected chi connectivity index (χ4v) is 5.51. The molecule has 0 aromatic heterocycles. The molecule has 2 fully saturated rings. The van der Waals surface area contributed by atoms with E-state index in [4.69, 9.17) is 27.4 Å². The van der Waals surface area contributed by atoms with Gasteiger partial charge in [0.25, 0.3) is 0 Å². The number of amides is 1. The largest absolute Gasteiger partial charge is 0.505 e. The SMILES string of the molecule is CO[C@@]12[C@@H]3N[C@@H]3CN1c1c(O)c(C)c(N=C3N=NC(=S)S3)c(O)c1[C@@H]2COC(N)=O. The van der Waals surface area contributed by atoms with Crippen molar-refractivity contribution < 1.29 is 24.5 Å². The van der Waals surface area contributed by atoms with Crippen molar-refractivity contribution >= 4 is 50.9 Å². The lowest BCUT2D eigenvalue weighted by atomic mass is 9.88. The van der Waals surface area contributed by atoms with Gasteiger partial charge in [-0.3, -0.25) is 0 Å². The van der Waals surface area contributed by atoms with E-state index in [1.807, 2.05) is 4.90 Å². The summed E-state index contributed by atoms with van der Waals surface area (Å²) >= 11 is 6.07. The van der Waals surface area contributed by atoms with E-state index in [2.05, 4.69) is 20.5 Å². The number of primary amides is 1. The number of carbonyl (C=O) groups is 1. The number of fused-ring (bicyclic) bond motifs is 5. The molecule has 5 N–H and O–H groups in total. The summed E-state index contributed by atoms with van der Waals surface area (Å²) in [6, 6.07) is 0.120. The van der Waals surface area contributed by atoms with Gasteiger partial charge in [-0.05, 0) is 30.9 Å². The van der Waals surface area contributed by atoms with Crippen LogP contribution >= 0.6 is 24.0 Å². The number of anilines is 1. The number of nitrogens with zero attached hydrogens (tertiary/aromatic N) is 4. The highest BCUT2D eigenvalue weighted by atomic mass is 32.2. The number of hydrogen-bond acceptors (Lipinski definition) is 10. The van der Waals surface area contributed by atoms with Crippen LogP contribution in [0.15, 0.2) is 15.2 Å². The van der Waals surface area contributed by atoms with E-state index in [0.29, 0.717) is 27.7 Å². The maximum absolute atomic E-state index is 11.3. The Kier molecular flexibility index (Phi) is 4.23. The molecule has 13 heteroatoms. The second kappa shape index (κ2) is 6.51. The molecule has 4 aliphatic rings. The molecule has 4 atom stereocenters. The lowest BCUT2D eigenvalue weighted by molar-refractivity contribution is -0.0337. The molecular weight excluding hydrogens is 432 g/mol. The smallest absolute Gasteiger partial charge is 0.404 e. The number of methoxy groups -OCH3 is 1. The fraction of sp³-hybridized carbons (Fsp3) is 0.471. The molecule has 5 rings (SSSR count). The molecule has 0 radical (unpaired) electrons. The zero-order valence-electron chi connectivity index (χ0n) is 15.9. The molecule has 4 heterocycles. The summed E-state index contributed by atoms with van der Waals surface area (Å²) in [6.45, 7) is 2.08. The van der Waals surface area contributed by atoms with Crippen LogP contribution in [0.4, 0.5) is 16.2 Å². The Bertz CT molecular complexity index is 1060. The normalized spacial score (nSPS) is 31.8. The van der Waals surface area contributed by atoms with E-state index < -0.39 is 17.7 Å². The highest BCUT2D eigenvalue weighted by molar-refractivity contribution is 8.33. The number of amidine groups is 1. The molecule has 2 saturated heterocycles. The number of azo groups is 1. The minimum atomic E-state index is -0.945. The van der Waals surface area contributed by atoms with E-state index in [9.17, 15) is 15.0 Å². The number of thioether (sulfide) groups is 1. The van der Waals surface area contributed by atoms with Gasteiger partial charge in [0.2, 0.25) is 5.17 Å². The van der Waals surface area contributed by atoms with Crippen LogP contribution in [0.3, 0.4) is 0 Å². The predicted molar refractivity (Wildman–Crippen MR) is 113 cm³/mol. The van der Waals surface area contributed by atoms with Crippen LogP contribution in [0, 0.1) is 6.92 Å². The van der Waals surface area contributed by atoms with Crippen LogP contribution in [0.1, 0.15) is 17.0 Å². The zero-order valence-corrected chi connectivity index (χ0v) is 17.6. The van der Waals surface area contributed by atoms with Crippen molar-refractivity contribution in [2.75, 3.05) is 25.2 Å². The van der Waals surface area contributed by atoms with Crippen LogP contribution in [0.5, 0.6) is 11.5 Å². The van der Waals surface area contributed by atoms with Crippen LogP contribution in [0.2, 0.25) is 0 Å². The average Bonchev–Trinajstić information content (AvgIpc) is 3.10. The molecule has 0 unspecified atom stereocenters. The number of aliphatic imine (C=N–C) groups is 1. The number of rotatable bonds is 4. The number of benzene rings is 1. The van der Waals surface area contributed by atoms with Crippen LogP contribution in [-0.2, 0) is 9.47 Å². The minimum Gasteiger partial charge on any atom is -0.505 e. The first-order valence-electron chi connectivity index (χ1n) is 9.11. The van der Waals surface area contributed by atoms with E-state index >= 15 is 0 Å². The Morgan fingerprint density at radius 3 is 2.87 bits per heavy atom. The molecule has 0 spiro atoms. The summed E-state index contributed by atoms with van der Waals surface area (Å²) in [7, 11) is 1.55. The molecule has 4 aliphatic heterocycles. The lowest BCUT2D eigenvalue weighted by Crippen LogP contribution is -2.54. The van der Waals surface area contributed by atoms with Gasteiger partial charge in [0.1, 0.15) is 23.8 Å². The minimum absolute atomic E-state index is 0.0334. The van der Waals surface area contributed by atoms with E-state index in [1.54, 1.807) is 14.0 Å². The fourth-order valence-electron chi connectivity index (χ4n) is 4.79. The summed E-state index contributed by atoms with van der Waals surface area (Å²) in [6.07, 6.45) is -0.938. The predicted octanol–water partition coefficient (Wildman–Crippen LogP) is 1.57. The Labute approximate surface area is 180 Å². The van der Waals surface area contributed by atoms with Crippen LogP contribution in [0.25, 0.3) is 0 Å². The van der Waals surface area contributed by atoms with Crippen molar-refractivity contribution in [3.63, 3.8) is 0 Å². The molecular formula is C17H18N6O5S2. The number of nitrogens with two attached hydrogens (primary N) is 1. The van der Waals surface area contributed by atoms with Gasteiger partial charge in [0, 0.05) is 30.8 Å². The van der Waals surface area contributed by atoms with Gasteiger partial charge in [0.15, 0.2) is 10.0 Å². The molecule has 0 aliphatic carbocycles.